The van der Waals surface area contributed by atoms with Gasteiger partial charge in [-0.2, -0.15) is 0 Å². The molecule has 20 heavy (non-hydrogen) atoms. The Bertz CT molecular complexity index is 536. The molecule has 1 aliphatic heterocycles. The number of carbonyl (C=O) groups is 2. The van der Waals surface area contributed by atoms with Gasteiger partial charge in [0.05, 0.1) is 17.7 Å². The Labute approximate surface area is 117 Å². The molecule has 0 radical (unpaired) electrons. The lowest BCUT2D eigenvalue weighted by molar-refractivity contribution is 0.0696. The van der Waals surface area contributed by atoms with Gasteiger partial charge in [0.15, 0.2) is 0 Å². The van der Waals surface area contributed by atoms with E-state index in [-0.39, 0.29) is 17.1 Å². The second-order valence-electron chi connectivity index (χ2n) is 5.28. The van der Waals surface area contributed by atoms with Crippen molar-refractivity contribution in [3.63, 3.8) is 0 Å². The standard InChI is InChI=1S/C14H18N2O4/c1-9-3-4-10(7-11(9)12(17)18)15-13(19)16-14(2)5-6-20-8-14/h3-4,7H,5-6,8H2,1-2H3,(H,17,18)(H2,15,16,19). The van der Waals surface area contributed by atoms with Crippen LogP contribution >= 0.6 is 0 Å². The highest BCUT2D eigenvalue weighted by Gasteiger charge is 2.31. The van der Waals surface area contributed by atoms with Gasteiger partial charge < -0.3 is 20.5 Å². The van der Waals surface area contributed by atoms with Crippen molar-refractivity contribution in [2.45, 2.75) is 25.8 Å². The third kappa shape index (κ3) is 3.27. The molecule has 1 aromatic rings. The van der Waals surface area contributed by atoms with E-state index in [1.807, 2.05) is 6.92 Å². The van der Waals surface area contributed by atoms with Crippen LogP contribution in [0, 0.1) is 6.92 Å². The van der Waals surface area contributed by atoms with Crippen molar-refractivity contribution in [3.05, 3.63) is 29.3 Å². The van der Waals surface area contributed by atoms with Crippen molar-refractivity contribution in [3.8, 4) is 0 Å². The van der Waals surface area contributed by atoms with E-state index < -0.39 is 5.97 Å². The minimum Gasteiger partial charge on any atom is -0.478 e. The maximum atomic E-state index is 11.9. The summed E-state index contributed by atoms with van der Waals surface area (Å²) in [6, 6.07) is 4.43. The van der Waals surface area contributed by atoms with Crippen molar-refractivity contribution >= 4 is 17.7 Å². The normalized spacial score (nSPS) is 21.5. The van der Waals surface area contributed by atoms with Crippen LogP contribution in [-0.4, -0.2) is 35.9 Å². The van der Waals surface area contributed by atoms with Gasteiger partial charge in [0.1, 0.15) is 0 Å². The summed E-state index contributed by atoms with van der Waals surface area (Å²) < 4.78 is 5.26. The highest BCUT2D eigenvalue weighted by molar-refractivity contribution is 5.94. The van der Waals surface area contributed by atoms with E-state index in [2.05, 4.69) is 10.6 Å². The fourth-order valence-corrected chi connectivity index (χ4v) is 2.13. The summed E-state index contributed by atoms with van der Waals surface area (Å²) in [5.41, 5.74) is 0.913. The summed E-state index contributed by atoms with van der Waals surface area (Å²) in [4.78, 5) is 23.0. The summed E-state index contributed by atoms with van der Waals surface area (Å²) in [6.07, 6.45) is 0.759. The first-order valence-corrected chi connectivity index (χ1v) is 6.40. The average Bonchev–Trinajstić information content (AvgIpc) is 2.77. The number of amides is 2. The van der Waals surface area contributed by atoms with Gasteiger partial charge in [0, 0.05) is 12.3 Å². The van der Waals surface area contributed by atoms with Crippen molar-refractivity contribution in [1.29, 1.82) is 0 Å². The molecule has 0 aromatic heterocycles. The SMILES string of the molecule is Cc1ccc(NC(=O)NC2(C)CCOC2)cc1C(=O)O. The van der Waals surface area contributed by atoms with Crippen LogP contribution < -0.4 is 10.6 Å². The number of hydrogen-bond acceptors (Lipinski definition) is 3. The molecular formula is C14H18N2O4. The zero-order chi connectivity index (χ0) is 14.8. The molecule has 0 saturated carbocycles. The fraction of sp³-hybridized carbons (Fsp3) is 0.429. The summed E-state index contributed by atoms with van der Waals surface area (Å²) in [5.74, 6) is -1.01. The lowest BCUT2D eigenvalue weighted by atomic mass is 10.0. The second-order valence-corrected chi connectivity index (χ2v) is 5.28. The summed E-state index contributed by atoms with van der Waals surface area (Å²) in [6.45, 7) is 4.74. The van der Waals surface area contributed by atoms with Crippen molar-refractivity contribution in [1.82, 2.24) is 5.32 Å². The smallest absolute Gasteiger partial charge is 0.336 e. The van der Waals surface area contributed by atoms with Crippen molar-refractivity contribution < 1.29 is 19.4 Å². The molecule has 2 amide bonds. The van der Waals surface area contributed by atoms with Crippen LogP contribution in [0.2, 0.25) is 0 Å². The molecule has 1 heterocycles. The predicted octanol–water partition coefficient (Wildman–Crippen LogP) is 1.99. The first kappa shape index (κ1) is 14.3. The Balaban J connectivity index is 2.04. The Morgan fingerprint density at radius 2 is 2.15 bits per heavy atom. The molecule has 6 heteroatoms. The zero-order valence-electron chi connectivity index (χ0n) is 11.5. The third-order valence-corrected chi connectivity index (χ3v) is 3.36. The Morgan fingerprint density at radius 3 is 2.75 bits per heavy atom. The molecule has 2 rings (SSSR count). The first-order valence-electron chi connectivity index (χ1n) is 6.40. The predicted molar refractivity (Wildman–Crippen MR) is 74.1 cm³/mol. The van der Waals surface area contributed by atoms with E-state index in [4.69, 9.17) is 9.84 Å². The largest absolute Gasteiger partial charge is 0.478 e. The number of aromatic carboxylic acids is 1. The van der Waals surface area contributed by atoms with Gasteiger partial charge in [-0.1, -0.05) is 6.07 Å². The number of carboxylic acids is 1. The van der Waals surface area contributed by atoms with Crippen LogP contribution in [0.25, 0.3) is 0 Å². The molecule has 0 aliphatic carbocycles. The van der Waals surface area contributed by atoms with Crippen LogP contribution in [0.15, 0.2) is 18.2 Å². The van der Waals surface area contributed by atoms with Gasteiger partial charge >= 0.3 is 12.0 Å². The molecular weight excluding hydrogens is 260 g/mol. The topological polar surface area (TPSA) is 87.7 Å². The Kier molecular flexibility index (Phi) is 3.94. The van der Waals surface area contributed by atoms with Crippen LogP contribution in [0.1, 0.15) is 29.3 Å². The van der Waals surface area contributed by atoms with Crippen molar-refractivity contribution in [2.24, 2.45) is 0 Å². The van der Waals surface area contributed by atoms with Crippen LogP contribution in [0.4, 0.5) is 10.5 Å². The molecule has 1 aliphatic rings. The number of ether oxygens (including phenoxy) is 1. The van der Waals surface area contributed by atoms with Gasteiger partial charge in [0.25, 0.3) is 0 Å². The molecule has 1 atom stereocenters. The molecule has 1 aromatic carbocycles. The van der Waals surface area contributed by atoms with Gasteiger partial charge in [-0.15, -0.1) is 0 Å². The van der Waals surface area contributed by atoms with Gasteiger partial charge in [-0.3, -0.25) is 0 Å². The number of nitrogens with one attached hydrogen (secondary N) is 2. The fourth-order valence-electron chi connectivity index (χ4n) is 2.13. The molecule has 1 unspecified atom stereocenters. The number of urea groups is 1. The van der Waals surface area contributed by atoms with E-state index in [9.17, 15) is 9.59 Å². The molecule has 0 bridgehead atoms. The lowest BCUT2D eigenvalue weighted by Gasteiger charge is -2.23. The zero-order valence-corrected chi connectivity index (χ0v) is 11.5. The van der Waals surface area contributed by atoms with Crippen molar-refractivity contribution in [2.75, 3.05) is 18.5 Å². The van der Waals surface area contributed by atoms with Gasteiger partial charge in [-0.05, 0) is 38.0 Å². The molecule has 108 valence electrons. The van der Waals surface area contributed by atoms with Gasteiger partial charge in [-0.25, -0.2) is 9.59 Å². The quantitative estimate of drug-likeness (QED) is 0.789. The molecule has 0 spiro atoms. The number of benzene rings is 1. The van der Waals surface area contributed by atoms with Gasteiger partial charge in [0.2, 0.25) is 0 Å². The number of rotatable bonds is 3. The third-order valence-electron chi connectivity index (χ3n) is 3.36. The highest BCUT2D eigenvalue weighted by atomic mass is 16.5. The molecule has 1 saturated heterocycles. The Hall–Kier alpha value is -2.08. The monoisotopic (exact) mass is 278 g/mol. The number of anilines is 1. The molecule has 3 N–H and O–H groups in total. The minimum absolute atomic E-state index is 0.179. The van der Waals surface area contributed by atoms with E-state index >= 15 is 0 Å². The number of carboxylic acid groups (broad SMARTS) is 1. The number of aryl methyl sites for hydroxylation is 1. The maximum Gasteiger partial charge on any atom is 0.336 e. The molecule has 6 nitrogen and oxygen atoms in total. The summed E-state index contributed by atoms with van der Waals surface area (Å²) in [5, 5.41) is 14.5. The number of hydrogen-bond donors (Lipinski definition) is 3. The summed E-state index contributed by atoms with van der Waals surface area (Å²) in [7, 11) is 0. The summed E-state index contributed by atoms with van der Waals surface area (Å²) >= 11 is 0. The highest BCUT2D eigenvalue weighted by Crippen LogP contribution is 2.19. The average molecular weight is 278 g/mol. The second kappa shape index (κ2) is 5.50. The van der Waals surface area contributed by atoms with Crippen LogP contribution in [-0.2, 0) is 4.74 Å². The van der Waals surface area contributed by atoms with E-state index in [1.165, 1.54) is 6.07 Å². The maximum absolute atomic E-state index is 11.9. The number of carbonyl (C=O) groups excluding carboxylic acids is 1. The Morgan fingerprint density at radius 1 is 1.40 bits per heavy atom. The lowest BCUT2D eigenvalue weighted by Crippen LogP contribution is -2.48. The van der Waals surface area contributed by atoms with Crippen LogP contribution in [0.3, 0.4) is 0 Å². The van der Waals surface area contributed by atoms with Crippen LogP contribution in [0.5, 0.6) is 0 Å². The van der Waals surface area contributed by atoms with E-state index in [1.54, 1.807) is 19.1 Å². The van der Waals surface area contributed by atoms with E-state index in [0.717, 1.165) is 6.42 Å². The molecule has 1 fully saturated rings. The van der Waals surface area contributed by atoms with E-state index in [0.29, 0.717) is 24.5 Å². The minimum atomic E-state index is -1.01. The first-order chi connectivity index (χ1) is 9.39.